The average molecular weight is 296 g/mol. The van der Waals surface area contributed by atoms with Crippen molar-refractivity contribution in [1.82, 2.24) is 0 Å². The van der Waals surface area contributed by atoms with Crippen molar-refractivity contribution in [2.45, 2.75) is 50.4 Å². The van der Waals surface area contributed by atoms with Crippen molar-refractivity contribution in [1.29, 1.82) is 0 Å². The third-order valence-electron chi connectivity index (χ3n) is 4.34. The monoisotopic (exact) mass is 296 g/mol. The third kappa shape index (κ3) is 4.06. The van der Waals surface area contributed by atoms with Gasteiger partial charge in [-0.25, -0.2) is 8.42 Å². The van der Waals surface area contributed by atoms with Crippen molar-refractivity contribution in [2.24, 2.45) is 5.92 Å². The Morgan fingerprint density at radius 1 is 1.35 bits per heavy atom. The molecule has 20 heavy (non-hydrogen) atoms. The van der Waals surface area contributed by atoms with Crippen LogP contribution in [0.4, 0.5) is 0 Å². The fourth-order valence-electron chi connectivity index (χ4n) is 3.17. The molecule has 1 aromatic rings. The molecule has 0 bridgehead atoms. The van der Waals surface area contributed by atoms with Gasteiger partial charge in [0, 0.05) is 6.26 Å². The van der Waals surface area contributed by atoms with E-state index in [0.29, 0.717) is 12.8 Å². The minimum atomic E-state index is -2.98. The quantitative estimate of drug-likeness (QED) is 0.929. The summed E-state index contributed by atoms with van der Waals surface area (Å²) in [7, 11) is -2.98. The highest BCUT2D eigenvalue weighted by atomic mass is 32.2. The standard InChI is InChI=1S/C16H24O3S/c1-12-5-3-6-13(9-12)10-16(17)14-7-4-8-15(11-14)20(2,18)19/h3,5-6,9,14-17H,4,7-8,10-11H2,1-2H3. The van der Waals surface area contributed by atoms with Crippen molar-refractivity contribution in [2.75, 3.05) is 6.26 Å². The predicted octanol–water partition coefficient (Wildman–Crippen LogP) is 2.50. The number of hydrogen-bond donors (Lipinski definition) is 1. The van der Waals surface area contributed by atoms with Gasteiger partial charge in [0.2, 0.25) is 0 Å². The zero-order chi connectivity index (χ0) is 14.8. The number of benzene rings is 1. The van der Waals surface area contributed by atoms with Crippen LogP contribution in [0.1, 0.15) is 36.8 Å². The summed E-state index contributed by atoms with van der Waals surface area (Å²) in [6.07, 6.45) is 4.65. The van der Waals surface area contributed by atoms with Gasteiger partial charge in [0.15, 0.2) is 0 Å². The highest BCUT2D eigenvalue weighted by Gasteiger charge is 2.32. The maximum atomic E-state index is 11.7. The molecule has 1 N–H and O–H groups in total. The van der Waals surface area contributed by atoms with Gasteiger partial charge in [-0.05, 0) is 44.1 Å². The third-order valence-corrected chi connectivity index (χ3v) is 5.98. The van der Waals surface area contributed by atoms with Gasteiger partial charge < -0.3 is 5.11 Å². The zero-order valence-electron chi connectivity index (χ0n) is 12.2. The van der Waals surface area contributed by atoms with Crippen LogP contribution < -0.4 is 0 Å². The van der Waals surface area contributed by atoms with Crippen molar-refractivity contribution < 1.29 is 13.5 Å². The summed E-state index contributed by atoms with van der Waals surface area (Å²) in [5, 5.41) is 10.1. The van der Waals surface area contributed by atoms with Crippen LogP contribution in [0.2, 0.25) is 0 Å². The van der Waals surface area contributed by atoms with Crippen LogP contribution in [0.5, 0.6) is 0 Å². The largest absolute Gasteiger partial charge is 0.392 e. The molecule has 0 radical (unpaired) electrons. The Labute approximate surface area is 121 Å². The molecule has 4 heteroatoms. The molecule has 3 nitrogen and oxygen atoms in total. The van der Waals surface area contributed by atoms with Gasteiger partial charge in [0.25, 0.3) is 0 Å². The van der Waals surface area contributed by atoms with Crippen LogP contribution in [0, 0.1) is 12.8 Å². The van der Waals surface area contributed by atoms with E-state index in [-0.39, 0.29) is 11.2 Å². The smallest absolute Gasteiger partial charge is 0.150 e. The first-order chi connectivity index (χ1) is 9.36. The molecule has 0 amide bonds. The van der Waals surface area contributed by atoms with Gasteiger partial charge >= 0.3 is 0 Å². The second kappa shape index (κ2) is 6.27. The minimum Gasteiger partial charge on any atom is -0.392 e. The fourth-order valence-corrected chi connectivity index (χ4v) is 4.36. The summed E-state index contributed by atoms with van der Waals surface area (Å²) in [5.41, 5.74) is 2.31. The predicted molar refractivity (Wildman–Crippen MR) is 81.5 cm³/mol. The minimum absolute atomic E-state index is 0.101. The number of aliphatic hydroxyl groups excluding tert-OH is 1. The zero-order valence-corrected chi connectivity index (χ0v) is 13.1. The molecule has 1 fully saturated rings. The van der Waals surface area contributed by atoms with E-state index in [0.717, 1.165) is 24.8 Å². The molecule has 112 valence electrons. The molecule has 3 unspecified atom stereocenters. The molecular weight excluding hydrogens is 272 g/mol. The Balaban J connectivity index is 2.00. The summed E-state index contributed by atoms with van der Waals surface area (Å²) < 4.78 is 23.4. The first kappa shape index (κ1) is 15.5. The van der Waals surface area contributed by atoms with E-state index in [4.69, 9.17) is 0 Å². The normalized spacial score (nSPS) is 25.4. The average Bonchev–Trinajstić information content (AvgIpc) is 2.38. The van der Waals surface area contributed by atoms with Crippen molar-refractivity contribution in [3.8, 4) is 0 Å². The van der Waals surface area contributed by atoms with Gasteiger partial charge in [-0.1, -0.05) is 36.2 Å². The summed E-state index contributed by atoms with van der Waals surface area (Å²) in [5.74, 6) is 0.101. The highest BCUT2D eigenvalue weighted by molar-refractivity contribution is 7.91. The van der Waals surface area contributed by atoms with E-state index in [1.807, 2.05) is 25.1 Å². The van der Waals surface area contributed by atoms with Gasteiger partial charge in [-0.3, -0.25) is 0 Å². The molecule has 1 aromatic carbocycles. The van der Waals surface area contributed by atoms with Gasteiger partial charge in [-0.15, -0.1) is 0 Å². The Kier molecular flexibility index (Phi) is 4.86. The molecule has 1 saturated carbocycles. The van der Waals surface area contributed by atoms with Gasteiger partial charge in [0.1, 0.15) is 9.84 Å². The molecule has 3 atom stereocenters. The van der Waals surface area contributed by atoms with Crippen LogP contribution in [-0.4, -0.2) is 31.1 Å². The number of aryl methyl sites for hydroxylation is 1. The SMILES string of the molecule is Cc1cccc(CC(O)C2CCCC(S(C)(=O)=O)C2)c1. The molecule has 0 spiro atoms. The summed E-state index contributed by atoms with van der Waals surface area (Å²) in [4.78, 5) is 0. The summed E-state index contributed by atoms with van der Waals surface area (Å²) in [6.45, 7) is 2.04. The molecule has 0 saturated heterocycles. The lowest BCUT2D eigenvalue weighted by molar-refractivity contribution is 0.0859. The van der Waals surface area contributed by atoms with E-state index < -0.39 is 15.9 Å². The Morgan fingerprint density at radius 3 is 2.75 bits per heavy atom. The Morgan fingerprint density at radius 2 is 2.10 bits per heavy atom. The van der Waals surface area contributed by atoms with Crippen LogP contribution in [-0.2, 0) is 16.3 Å². The van der Waals surface area contributed by atoms with Crippen LogP contribution in [0.15, 0.2) is 24.3 Å². The maximum Gasteiger partial charge on any atom is 0.150 e. The maximum absolute atomic E-state index is 11.7. The fraction of sp³-hybridized carbons (Fsp3) is 0.625. The number of hydrogen-bond acceptors (Lipinski definition) is 3. The number of aliphatic hydroxyl groups is 1. The second-order valence-electron chi connectivity index (χ2n) is 6.14. The molecule has 1 aliphatic carbocycles. The molecule has 0 aliphatic heterocycles. The van der Waals surface area contributed by atoms with Crippen molar-refractivity contribution in [3.05, 3.63) is 35.4 Å². The Bertz CT molecular complexity index is 551. The van der Waals surface area contributed by atoms with Gasteiger partial charge in [0.05, 0.1) is 11.4 Å². The lowest BCUT2D eigenvalue weighted by Crippen LogP contribution is -2.34. The lowest BCUT2D eigenvalue weighted by atomic mass is 9.83. The topological polar surface area (TPSA) is 54.4 Å². The van der Waals surface area contributed by atoms with E-state index in [1.165, 1.54) is 11.8 Å². The van der Waals surface area contributed by atoms with E-state index in [9.17, 15) is 13.5 Å². The molecule has 0 aromatic heterocycles. The molecule has 2 rings (SSSR count). The van der Waals surface area contributed by atoms with E-state index >= 15 is 0 Å². The second-order valence-corrected chi connectivity index (χ2v) is 8.46. The van der Waals surface area contributed by atoms with E-state index in [2.05, 4.69) is 6.07 Å². The summed E-state index contributed by atoms with van der Waals surface area (Å²) in [6, 6.07) is 8.14. The van der Waals surface area contributed by atoms with Gasteiger partial charge in [-0.2, -0.15) is 0 Å². The molecular formula is C16H24O3S. The summed E-state index contributed by atoms with van der Waals surface area (Å²) >= 11 is 0. The number of sulfone groups is 1. The molecule has 1 aliphatic rings. The van der Waals surface area contributed by atoms with Crippen LogP contribution >= 0.6 is 0 Å². The first-order valence-corrected chi connectivity index (χ1v) is 9.24. The molecule has 0 heterocycles. The highest BCUT2D eigenvalue weighted by Crippen LogP contribution is 2.31. The number of rotatable bonds is 4. The van der Waals surface area contributed by atoms with Crippen LogP contribution in [0.3, 0.4) is 0 Å². The van der Waals surface area contributed by atoms with Crippen molar-refractivity contribution in [3.63, 3.8) is 0 Å². The lowest BCUT2D eigenvalue weighted by Gasteiger charge is -2.31. The first-order valence-electron chi connectivity index (χ1n) is 7.28. The Hall–Kier alpha value is -0.870. The van der Waals surface area contributed by atoms with E-state index in [1.54, 1.807) is 0 Å². The van der Waals surface area contributed by atoms with Crippen molar-refractivity contribution >= 4 is 9.84 Å². The van der Waals surface area contributed by atoms with Crippen LogP contribution in [0.25, 0.3) is 0 Å².